The van der Waals surface area contributed by atoms with Crippen molar-refractivity contribution in [2.75, 3.05) is 0 Å². The number of rotatable bonds is 1. The molecule has 0 radical (unpaired) electrons. The molecule has 2 aromatic rings. The number of hydrogen-bond acceptors (Lipinski definition) is 2. The normalized spacial score (nSPS) is 10.3. The van der Waals surface area contributed by atoms with Gasteiger partial charge in [-0.25, -0.2) is 4.68 Å². The molecular formula is C10H11N3. The molecule has 0 aliphatic carbocycles. The van der Waals surface area contributed by atoms with E-state index in [1.807, 2.05) is 30.7 Å². The van der Waals surface area contributed by atoms with E-state index in [4.69, 9.17) is 0 Å². The van der Waals surface area contributed by atoms with Crippen LogP contribution < -0.4 is 0 Å². The molecule has 0 saturated heterocycles. The molecule has 2 heterocycles. The molecule has 0 aliphatic rings. The molecule has 66 valence electrons. The van der Waals surface area contributed by atoms with Crippen molar-refractivity contribution in [3.63, 3.8) is 0 Å². The van der Waals surface area contributed by atoms with Crippen molar-refractivity contribution in [2.24, 2.45) is 0 Å². The van der Waals surface area contributed by atoms with Gasteiger partial charge < -0.3 is 0 Å². The minimum Gasteiger partial charge on any atom is -0.265 e. The summed E-state index contributed by atoms with van der Waals surface area (Å²) in [5.74, 6) is 0. The van der Waals surface area contributed by atoms with E-state index in [0.717, 1.165) is 17.1 Å². The van der Waals surface area contributed by atoms with Crippen LogP contribution in [0.3, 0.4) is 0 Å². The highest BCUT2D eigenvalue weighted by Crippen LogP contribution is 2.09. The SMILES string of the molecule is Cc1cc(C)n(-c2ccncc2)n1. The van der Waals surface area contributed by atoms with E-state index in [1.54, 1.807) is 12.4 Å². The molecule has 2 aromatic heterocycles. The molecule has 0 unspecified atom stereocenters. The van der Waals surface area contributed by atoms with Gasteiger partial charge in [0.25, 0.3) is 0 Å². The highest BCUT2D eigenvalue weighted by Gasteiger charge is 2.01. The maximum atomic E-state index is 4.37. The lowest BCUT2D eigenvalue weighted by Crippen LogP contribution is -1.98. The highest BCUT2D eigenvalue weighted by molar-refractivity contribution is 5.30. The van der Waals surface area contributed by atoms with Crippen molar-refractivity contribution < 1.29 is 0 Å². The Labute approximate surface area is 77.0 Å². The van der Waals surface area contributed by atoms with Gasteiger partial charge in [-0.15, -0.1) is 0 Å². The average molecular weight is 173 g/mol. The Morgan fingerprint density at radius 2 is 1.85 bits per heavy atom. The smallest absolute Gasteiger partial charge is 0.0679 e. The first kappa shape index (κ1) is 7.98. The largest absolute Gasteiger partial charge is 0.265 e. The third kappa shape index (κ3) is 1.45. The average Bonchev–Trinajstić information content (AvgIpc) is 2.47. The summed E-state index contributed by atoms with van der Waals surface area (Å²) in [6, 6.07) is 5.94. The second-order valence-corrected chi connectivity index (χ2v) is 3.04. The number of hydrogen-bond donors (Lipinski definition) is 0. The molecule has 0 amide bonds. The van der Waals surface area contributed by atoms with E-state index in [-0.39, 0.29) is 0 Å². The number of nitrogens with zero attached hydrogens (tertiary/aromatic N) is 3. The third-order valence-corrected chi connectivity index (χ3v) is 1.92. The van der Waals surface area contributed by atoms with Gasteiger partial charge in [-0.1, -0.05) is 0 Å². The van der Waals surface area contributed by atoms with E-state index in [0.29, 0.717) is 0 Å². The fourth-order valence-corrected chi connectivity index (χ4v) is 1.38. The first-order valence-electron chi connectivity index (χ1n) is 4.21. The maximum Gasteiger partial charge on any atom is 0.0679 e. The van der Waals surface area contributed by atoms with E-state index in [2.05, 4.69) is 16.1 Å². The fraction of sp³-hybridized carbons (Fsp3) is 0.200. The standard InChI is InChI=1S/C10H11N3/c1-8-7-9(2)13(12-8)10-3-5-11-6-4-10/h3-7H,1-2H3. The van der Waals surface area contributed by atoms with Crippen molar-refractivity contribution in [3.8, 4) is 5.69 Å². The van der Waals surface area contributed by atoms with Gasteiger partial charge in [-0.2, -0.15) is 5.10 Å². The molecular weight excluding hydrogens is 162 g/mol. The summed E-state index contributed by atoms with van der Waals surface area (Å²) in [5.41, 5.74) is 3.23. The molecule has 3 heteroatoms. The summed E-state index contributed by atoms with van der Waals surface area (Å²) in [6.07, 6.45) is 3.54. The van der Waals surface area contributed by atoms with Crippen LogP contribution in [0.5, 0.6) is 0 Å². The molecule has 0 fully saturated rings. The zero-order chi connectivity index (χ0) is 9.26. The summed E-state index contributed by atoms with van der Waals surface area (Å²) in [4.78, 5) is 3.97. The quantitative estimate of drug-likeness (QED) is 0.659. The van der Waals surface area contributed by atoms with Gasteiger partial charge in [-0.05, 0) is 32.0 Å². The predicted octanol–water partition coefficient (Wildman–Crippen LogP) is 1.88. The lowest BCUT2D eigenvalue weighted by molar-refractivity contribution is 0.831. The summed E-state index contributed by atoms with van der Waals surface area (Å²) in [6.45, 7) is 4.03. The summed E-state index contributed by atoms with van der Waals surface area (Å²) in [5, 5.41) is 4.37. The summed E-state index contributed by atoms with van der Waals surface area (Å²) >= 11 is 0. The fourth-order valence-electron chi connectivity index (χ4n) is 1.38. The van der Waals surface area contributed by atoms with Crippen LogP contribution in [-0.2, 0) is 0 Å². The van der Waals surface area contributed by atoms with Crippen LogP contribution in [0, 0.1) is 13.8 Å². The zero-order valence-corrected chi connectivity index (χ0v) is 7.73. The Morgan fingerprint density at radius 3 is 2.38 bits per heavy atom. The van der Waals surface area contributed by atoms with Crippen LogP contribution in [0.1, 0.15) is 11.4 Å². The van der Waals surface area contributed by atoms with Gasteiger partial charge in [0, 0.05) is 18.1 Å². The monoisotopic (exact) mass is 173 g/mol. The number of pyridine rings is 1. The molecule has 0 atom stereocenters. The number of aryl methyl sites for hydroxylation is 2. The zero-order valence-electron chi connectivity index (χ0n) is 7.73. The molecule has 3 nitrogen and oxygen atoms in total. The van der Waals surface area contributed by atoms with Crippen LogP contribution in [0.15, 0.2) is 30.6 Å². The Kier molecular flexibility index (Phi) is 1.85. The van der Waals surface area contributed by atoms with Crippen LogP contribution in [0.25, 0.3) is 5.69 Å². The Bertz CT molecular complexity index is 403. The van der Waals surface area contributed by atoms with Crippen LogP contribution in [0.4, 0.5) is 0 Å². The molecule has 0 bridgehead atoms. The molecule has 2 rings (SSSR count). The van der Waals surface area contributed by atoms with Gasteiger partial charge in [0.1, 0.15) is 0 Å². The molecule has 0 spiro atoms. The van der Waals surface area contributed by atoms with Crippen molar-refractivity contribution >= 4 is 0 Å². The van der Waals surface area contributed by atoms with Crippen molar-refractivity contribution in [3.05, 3.63) is 42.0 Å². The lowest BCUT2D eigenvalue weighted by Gasteiger charge is -2.01. The second-order valence-electron chi connectivity index (χ2n) is 3.04. The van der Waals surface area contributed by atoms with Gasteiger partial charge in [-0.3, -0.25) is 4.98 Å². The van der Waals surface area contributed by atoms with Gasteiger partial charge >= 0.3 is 0 Å². The number of aromatic nitrogens is 3. The predicted molar refractivity (Wildman–Crippen MR) is 50.8 cm³/mol. The minimum atomic E-state index is 1.04. The molecule has 0 aromatic carbocycles. The Hall–Kier alpha value is -1.64. The minimum absolute atomic E-state index is 1.04. The second kappa shape index (κ2) is 3.01. The van der Waals surface area contributed by atoms with E-state index in [1.165, 1.54) is 0 Å². The molecule has 13 heavy (non-hydrogen) atoms. The topological polar surface area (TPSA) is 30.7 Å². The molecule has 0 saturated carbocycles. The Morgan fingerprint density at radius 1 is 1.15 bits per heavy atom. The van der Waals surface area contributed by atoms with Crippen molar-refractivity contribution in [1.29, 1.82) is 0 Å². The molecule has 0 N–H and O–H groups in total. The van der Waals surface area contributed by atoms with E-state index in [9.17, 15) is 0 Å². The first-order valence-corrected chi connectivity index (χ1v) is 4.21. The van der Waals surface area contributed by atoms with E-state index < -0.39 is 0 Å². The summed E-state index contributed by atoms with van der Waals surface area (Å²) in [7, 11) is 0. The van der Waals surface area contributed by atoms with Crippen molar-refractivity contribution in [2.45, 2.75) is 13.8 Å². The van der Waals surface area contributed by atoms with Crippen molar-refractivity contribution in [1.82, 2.24) is 14.8 Å². The lowest BCUT2D eigenvalue weighted by atomic mass is 10.4. The van der Waals surface area contributed by atoms with Crippen LogP contribution in [-0.4, -0.2) is 14.8 Å². The summed E-state index contributed by atoms with van der Waals surface area (Å²) < 4.78 is 1.91. The maximum absolute atomic E-state index is 4.37. The third-order valence-electron chi connectivity index (χ3n) is 1.92. The van der Waals surface area contributed by atoms with Crippen LogP contribution in [0.2, 0.25) is 0 Å². The molecule has 0 aliphatic heterocycles. The highest BCUT2D eigenvalue weighted by atomic mass is 15.3. The van der Waals surface area contributed by atoms with Gasteiger partial charge in [0.2, 0.25) is 0 Å². The van der Waals surface area contributed by atoms with Gasteiger partial charge in [0.05, 0.1) is 11.4 Å². The van der Waals surface area contributed by atoms with Gasteiger partial charge in [0.15, 0.2) is 0 Å². The first-order chi connectivity index (χ1) is 6.27. The van der Waals surface area contributed by atoms with Crippen LogP contribution >= 0.6 is 0 Å². The Balaban J connectivity index is 2.53. The van der Waals surface area contributed by atoms with E-state index >= 15 is 0 Å².